The largest absolute Gasteiger partial charge is 0.340 e. The van der Waals surface area contributed by atoms with Gasteiger partial charge in [0.2, 0.25) is 5.95 Å². The van der Waals surface area contributed by atoms with Crippen molar-refractivity contribution < 1.29 is 4.79 Å². The van der Waals surface area contributed by atoms with Gasteiger partial charge in [0.15, 0.2) is 0 Å². The van der Waals surface area contributed by atoms with Gasteiger partial charge in [-0.15, -0.1) is 0 Å². The number of carbonyl (C=O) groups is 1. The highest BCUT2D eigenvalue weighted by Gasteiger charge is 2.23. The molecule has 0 aliphatic carbocycles. The molecule has 4 rings (SSSR count). The monoisotopic (exact) mass is 374 g/mol. The first-order valence-electron chi connectivity index (χ1n) is 9.30. The van der Waals surface area contributed by atoms with Gasteiger partial charge in [-0.25, -0.2) is 15.0 Å². The molecule has 7 nitrogen and oxygen atoms in total. The third kappa shape index (κ3) is 4.09. The molecule has 28 heavy (non-hydrogen) atoms. The quantitative estimate of drug-likeness (QED) is 0.757. The van der Waals surface area contributed by atoms with Gasteiger partial charge in [-0.1, -0.05) is 17.7 Å². The van der Waals surface area contributed by atoms with E-state index in [0.29, 0.717) is 30.4 Å². The maximum atomic E-state index is 12.8. The summed E-state index contributed by atoms with van der Waals surface area (Å²) in [5.74, 6) is 1.43. The van der Waals surface area contributed by atoms with Crippen LogP contribution in [-0.2, 0) is 0 Å². The van der Waals surface area contributed by atoms with Crippen molar-refractivity contribution in [2.75, 3.05) is 36.4 Å². The molecule has 1 aliphatic heterocycles. The second kappa shape index (κ2) is 8.04. The number of rotatable bonds is 4. The van der Waals surface area contributed by atoms with E-state index in [9.17, 15) is 4.79 Å². The van der Waals surface area contributed by atoms with E-state index in [-0.39, 0.29) is 5.91 Å². The number of nitrogens with zero attached hydrogens (tertiary/aromatic N) is 5. The summed E-state index contributed by atoms with van der Waals surface area (Å²) in [5.41, 5.74) is 2.77. The second-order valence-corrected chi connectivity index (χ2v) is 6.75. The number of amides is 1. The Balaban J connectivity index is 1.35. The third-order valence-electron chi connectivity index (χ3n) is 4.74. The van der Waals surface area contributed by atoms with Gasteiger partial charge < -0.3 is 15.1 Å². The van der Waals surface area contributed by atoms with Crippen LogP contribution in [0, 0.1) is 6.92 Å². The van der Waals surface area contributed by atoms with Crippen LogP contribution in [0.25, 0.3) is 0 Å². The second-order valence-electron chi connectivity index (χ2n) is 6.75. The molecule has 0 unspecified atom stereocenters. The fourth-order valence-electron chi connectivity index (χ4n) is 3.13. The fraction of sp³-hybridized carbons (Fsp3) is 0.238. The number of piperazine rings is 1. The summed E-state index contributed by atoms with van der Waals surface area (Å²) >= 11 is 0. The van der Waals surface area contributed by atoms with Gasteiger partial charge in [-0.3, -0.25) is 4.79 Å². The van der Waals surface area contributed by atoms with Gasteiger partial charge in [0.05, 0.1) is 5.56 Å². The average Bonchev–Trinajstić information content (AvgIpc) is 2.76. The van der Waals surface area contributed by atoms with Crippen molar-refractivity contribution in [2.45, 2.75) is 6.92 Å². The zero-order chi connectivity index (χ0) is 19.3. The molecular weight excluding hydrogens is 352 g/mol. The third-order valence-corrected chi connectivity index (χ3v) is 4.74. The van der Waals surface area contributed by atoms with E-state index in [1.54, 1.807) is 24.7 Å². The number of anilines is 3. The predicted octanol–water partition coefficient (Wildman–Crippen LogP) is 2.89. The highest BCUT2D eigenvalue weighted by atomic mass is 16.2. The van der Waals surface area contributed by atoms with Crippen LogP contribution in [0.3, 0.4) is 0 Å². The highest BCUT2D eigenvalue weighted by molar-refractivity contribution is 5.94. The molecule has 1 fully saturated rings. The Bertz CT molecular complexity index is 919. The zero-order valence-electron chi connectivity index (χ0n) is 15.7. The van der Waals surface area contributed by atoms with E-state index in [1.807, 2.05) is 41.3 Å². The Morgan fingerprint density at radius 2 is 1.64 bits per heavy atom. The topological polar surface area (TPSA) is 74.2 Å². The lowest BCUT2D eigenvalue weighted by atomic mass is 10.2. The average molecular weight is 374 g/mol. The van der Waals surface area contributed by atoms with E-state index in [4.69, 9.17) is 0 Å². The molecule has 3 heterocycles. The Morgan fingerprint density at radius 3 is 2.29 bits per heavy atom. The Morgan fingerprint density at radius 1 is 0.929 bits per heavy atom. The van der Waals surface area contributed by atoms with E-state index in [1.165, 1.54) is 5.56 Å². The maximum absolute atomic E-state index is 12.8. The first-order chi connectivity index (χ1) is 13.7. The molecule has 1 saturated heterocycles. The molecule has 1 aromatic carbocycles. The number of hydrogen-bond acceptors (Lipinski definition) is 6. The van der Waals surface area contributed by atoms with E-state index in [0.717, 1.165) is 18.8 Å². The molecule has 7 heteroatoms. The molecule has 0 bridgehead atoms. The minimum absolute atomic E-state index is 0.00279. The molecule has 1 N–H and O–H groups in total. The summed E-state index contributed by atoms with van der Waals surface area (Å²) in [4.78, 5) is 29.6. The number of carbonyl (C=O) groups excluding carboxylic acids is 1. The molecule has 1 amide bonds. The molecule has 142 valence electrons. The summed E-state index contributed by atoms with van der Waals surface area (Å²) in [6.07, 6.45) is 5.10. The Hall–Kier alpha value is -3.48. The van der Waals surface area contributed by atoms with Crippen LogP contribution >= 0.6 is 0 Å². The number of hydrogen-bond donors (Lipinski definition) is 1. The minimum atomic E-state index is 0.00279. The van der Waals surface area contributed by atoms with E-state index >= 15 is 0 Å². The smallest absolute Gasteiger partial charge is 0.255 e. The van der Waals surface area contributed by atoms with Crippen LogP contribution in [0.1, 0.15) is 15.9 Å². The molecule has 0 saturated carbocycles. The maximum Gasteiger partial charge on any atom is 0.255 e. The molecule has 3 aromatic rings. The lowest BCUT2D eigenvalue weighted by Gasteiger charge is -2.34. The van der Waals surface area contributed by atoms with Crippen molar-refractivity contribution in [3.63, 3.8) is 0 Å². The lowest BCUT2D eigenvalue weighted by molar-refractivity contribution is 0.0746. The van der Waals surface area contributed by atoms with Crippen LogP contribution in [0.5, 0.6) is 0 Å². The minimum Gasteiger partial charge on any atom is -0.340 e. The molecular formula is C21H22N6O. The first kappa shape index (κ1) is 17.9. The van der Waals surface area contributed by atoms with Crippen molar-refractivity contribution in [3.05, 3.63) is 72.2 Å². The van der Waals surface area contributed by atoms with Gasteiger partial charge >= 0.3 is 0 Å². The van der Waals surface area contributed by atoms with Crippen LogP contribution in [0.15, 0.2) is 61.1 Å². The molecule has 0 atom stereocenters. The normalized spacial score (nSPS) is 14.0. The number of aromatic nitrogens is 3. The SMILES string of the molecule is Cc1ccc(Nc2ccc(C(=O)N3CCN(c4ncccn4)CC3)cn2)cc1. The molecule has 1 aliphatic rings. The molecule has 0 radical (unpaired) electrons. The Labute approximate surface area is 164 Å². The Kier molecular flexibility index (Phi) is 5.14. The fourth-order valence-corrected chi connectivity index (χ4v) is 3.13. The standard InChI is InChI=1S/C21H22N6O/c1-16-3-6-18(7-4-16)25-19-8-5-17(15-24-19)20(28)26-11-13-27(14-12-26)21-22-9-2-10-23-21/h2-10,15H,11-14H2,1H3,(H,24,25). The predicted molar refractivity (Wildman–Crippen MR) is 109 cm³/mol. The van der Waals surface area contributed by atoms with Crippen LogP contribution < -0.4 is 10.2 Å². The van der Waals surface area contributed by atoms with Crippen LogP contribution in [0.2, 0.25) is 0 Å². The van der Waals surface area contributed by atoms with Gasteiger partial charge in [0.25, 0.3) is 5.91 Å². The van der Waals surface area contributed by atoms with Gasteiger partial charge in [0, 0.05) is 50.5 Å². The van der Waals surface area contributed by atoms with Gasteiger partial charge in [-0.2, -0.15) is 0 Å². The lowest BCUT2D eigenvalue weighted by Crippen LogP contribution is -2.49. The van der Waals surface area contributed by atoms with Crippen molar-refractivity contribution in [2.24, 2.45) is 0 Å². The number of aryl methyl sites for hydroxylation is 1. The van der Waals surface area contributed by atoms with Crippen molar-refractivity contribution in [1.82, 2.24) is 19.9 Å². The van der Waals surface area contributed by atoms with E-state index < -0.39 is 0 Å². The number of pyridine rings is 1. The number of benzene rings is 1. The summed E-state index contributed by atoms with van der Waals surface area (Å²) in [7, 11) is 0. The first-order valence-corrected chi connectivity index (χ1v) is 9.30. The van der Waals surface area contributed by atoms with Crippen molar-refractivity contribution in [3.8, 4) is 0 Å². The summed E-state index contributed by atoms with van der Waals surface area (Å²) in [5, 5.41) is 3.24. The summed E-state index contributed by atoms with van der Waals surface area (Å²) in [6, 6.07) is 13.5. The van der Waals surface area contributed by atoms with Crippen LogP contribution in [-0.4, -0.2) is 51.9 Å². The van der Waals surface area contributed by atoms with Gasteiger partial charge in [-0.05, 0) is 37.3 Å². The highest BCUT2D eigenvalue weighted by Crippen LogP contribution is 2.17. The van der Waals surface area contributed by atoms with Crippen molar-refractivity contribution in [1.29, 1.82) is 0 Å². The number of nitrogens with one attached hydrogen (secondary N) is 1. The van der Waals surface area contributed by atoms with Crippen LogP contribution in [0.4, 0.5) is 17.5 Å². The molecule has 0 spiro atoms. The molecule has 2 aromatic heterocycles. The van der Waals surface area contributed by atoms with Crippen molar-refractivity contribution >= 4 is 23.4 Å². The summed E-state index contributed by atoms with van der Waals surface area (Å²) < 4.78 is 0. The van der Waals surface area contributed by atoms with E-state index in [2.05, 4.69) is 32.1 Å². The zero-order valence-corrected chi connectivity index (χ0v) is 15.7. The van der Waals surface area contributed by atoms with Gasteiger partial charge in [0.1, 0.15) is 5.82 Å². The summed E-state index contributed by atoms with van der Waals surface area (Å²) in [6.45, 7) is 4.77.